The molecule has 0 aliphatic carbocycles. The number of benzene rings is 3. The van der Waals surface area contributed by atoms with E-state index in [9.17, 15) is 9.59 Å². The standard InChI is InChI=1S/C23H21IN2O2/c1-3-26(18-9-5-4-6-10-18)23(28)19-11-7-8-12-21(19)25-22(27)17-14-13-16(2)20(24)15-17/h4-15H,3H2,1-2H3,(H,25,27). The Bertz CT molecular complexity index is 1000. The molecule has 0 atom stereocenters. The SMILES string of the molecule is CCN(C(=O)c1ccccc1NC(=O)c1ccc(C)c(I)c1)c1ccccc1. The first kappa shape index (κ1) is 20.1. The van der Waals surface area contributed by atoms with Crippen LogP contribution >= 0.6 is 22.6 Å². The quantitative estimate of drug-likeness (QED) is 0.485. The maximum Gasteiger partial charge on any atom is 0.260 e. The fraction of sp³-hybridized carbons (Fsp3) is 0.130. The van der Waals surface area contributed by atoms with Crippen molar-refractivity contribution in [2.24, 2.45) is 0 Å². The molecule has 0 aliphatic rings. The first-order valence-electron chi connectivity index (χ1n) is 9.04. The molecule has 0 saturated carbocycles. The summed E-state index contributed by atoms with van der Waals surface area (Å²) in [6.07, 6.45) is 0. The highest BCUT2D eigenvalue weighted by molar-refractivity contribution is 14.1. The van der Waals surface area contributed by atoms with E-state index in [0.29, 0.717) is 23.4 Å². The number of para-hydroxylation sites is 2. The van der Waals surface area contributed by atoms with Crippen LogP contribution in [0.2, 0.25) is 0 Å². The summed E-state index contributed by atoms with van der Waals surface area (Å²) in [5.41, 5.74) is 3.47. The van der Waals surface area contributed by atoms with E-state index in [2.05, 4.69) is 27.9 Å². The van der Waals surface area contributed by atoms with Gasteiger partial charge in [-0.3, -0.25) is 9.59 Å². The minimum Gasteiger partial charge on any atom is -0.321 e. The van der Waals surface area contributed by atoms with E-state index in [0.717, 1.165) is 14.8 Å². The van der Waals surface area contributed by atoms with E-state index in [1.807, 2.05) is 62.4 Å². The van der Waals surface area contributed by atoms with Gasteiger partial charge in [0.05, 0.1) is 11.3 Å². The third-order valence-corrected chi connectivity index (χ3v) is 5.63. The highest BCUT2D eigenvalue weighted by atomic mass is 127. The Morgan fingerprint density at radius 2 is 1.64 bits per heavy atom. The zero-order chi connectivity index (χ0) is 20.1. The monoisotopic (exact) mass is 484 g/mol. The van der Waals surface area contributed by atoms with Crippen molar-refractivity contribution in [1.29, 1.82) is 0 Å². The first-order valence-corrected chi connectivity index (χ1v) is 10.1. The lowest BCUT2D eigenvalue weighted by atomic mass is 10.1. The highest BCUT2D eigenvalue weighted by Crippen LogP contribution is 2.23. The van der Waals surface area contributed by atoms with Crippen LogP contribution in [0.1, 0.15) is 33.2 Å². The predicted molar refractivity (Wildman–Crippen MR) is 122 cm³/mol. The van der Waals surface area contributed by atoms with Crippen LogP contribution in [0.15, 0.2) is 72.8 Å². The van der Waals surface area contributed by atoms with Crippen LogP contribution in [0, 0.1) is 10.5 Å². The lowest BCUT2D eigenvalue weighted by molar-refractivity contribution is 0.0989. The van der Waals surface area contributed by atoms with Gasteiger partial charge in [-0.1, -0.05) is 36.4 Å². The van der Waals surface area contributed by atoms with Gasteiger partial charge in [0.2, 0.25) is 0 Å². The van der Waals surface area contributed by atoms with Gasteiger partial charge >= 0.3 is 0 Å². The van der Waals surface area contributed by atoms with E-state index >= 15 is 0 Å². The smallest absolute Gasteiger partial charge is 0.260 e. The number of aryl methyl sites for hydroxylation is 1. The fourth-order valence-corrected chi connectivity index (χ4v) is 3.42. The first-order chi connectivity index (χ1) is 13.5. The largest absolute Gasteiger partial charge is 0.321 e. The van der Waals surface area contributed by atoms with Gasteiger partial charge in [0.25, 0.3) is 11.8 Å². The molecule has 1 N–H and O–H groups in total. The van der Waals surface area contributed by atoms with E-state index in [4.69, 9.17) is 0 Å². The van der Waals surface area contributed by atoms with E-state index < -0.39 is 0 Å². The predicted octanol–water partition coefficient (Wildman–Crippen LogP) is 5.52. The zero-order valence-corrected chi connectivity index (χ0v) is 17.9. The van der Waals surface area contributed by atoms with Gasteiger partial charge in [0.1, 0.15) is 0 Å². The lowest BCUT2D eigenvalue weighted by Crippen LogP contribution is -2.31. The second-order valence-corrected chi connectivity index (χ2v) is 7.51. The summed E-state index contributed by atoms with van der Waals surface area (Å²) in [5.74, 6) is -0.385. The molecule has 0 saturated heterocycles. The topological polar surface area (TPSA) is 49.4 Å². The molecule has 4 nitrogen and oxygen atoms in total. The molecule has 3 rings (SSSR count). The molecular formula is C23H21IN2O2. The van der Waals surface area contributed by atoms with Crippen molar-refractivity contribution in [3.63, 3.8) is 0 Å². The number of carbonyl (C=O) groups is 2. The number of halogens is 1. The summed E-state index contributed by atoms with van der Waals surface area (Å²) < 4.78 is 1.02. The van der Waals surface area contributed by atoms with Crippen LogP contribution in [-0.4, -0.2) is 18.4 Å². The molecule has 0 unspecified atom stereocenters. The second kappa shape index (κ2) is 9.01. The molecule has 142 valence electrons. The third-order valence-electron chi connectivity index (χ3n) is 4.47. The van der Waals surface area contributed by atoms with Gasteiger partial charge in [-0.2, -0.15) is 0 Å². The van der Waals surface area contributed by atoms with Crippen molar-refractivity contribution in [2.45, 2.75) is 13.8 Å². The van der Waals surface area contributed by atoms with Crippen LogP contribution in [0.5, 0.6) is 0 Å². The molecule has 0 aromatic heterocycles. The molecule has 0 fully saturated rings. The van der Waals surface area contributed by atoms with Crippen molar-refractivity contribution < 1.29 is 9.59 Å². The second-order valence-electron chi connectivity index (χ2n) is 6.35. The highest BCUT2D eigenvalue weighted by Gasteiger charge is 2.20. The number of carbonyl (C=O) groups excluding carboxylic acids is 2. The molecule has 3 aromatic carbocycles. The van der Waals surface area contributed by atoms with E-state index in [-0.39, 0.29) is 11.8 Å². The summed E-state index contributed by atoms with van der Waals surface area (Å²) in [5, 5.41) is 2.90. The number of hydrogen-bond donors (Lipinski definition) is 1. The number of hydrogen-bond acceptors (Lipinski definition) is 2. The van der Waals surface area contributed by atoms with Crippen LogP contribution < -0.4 is 10.2 Å². The summed E-state index contributed by atoms with van der Waals surface area (Å²) in [6, 6.07) is 22.2. The molecule has 0 aliphatic heterocycles. The summed E-state index contributed by atoms with van der Waals surface area (Å²) in [6.45, 7) is 4.46. The summed E-state index contributed by atoms with van der Waals surface area (Å²) in [4.78, 5) is 27.6. The maximum atomic E-state index is 13.2. The molecule has 28 heavy (non-hydrogen) atoms. The van der Waals surface area contributed by atoms with Gasteiger partial charge < -0.3 is 10.2 Å². The Morgan fingerprint density at radius 1 is 0.964 bits per heavy atom. The Balaban J connectivity index is 1.89. The van der Waals surface area contributed by atoms with Crippen molar-refractivity contribution in [1.82, 2.24) is 0 Å². The van der Waals surface area contributed by atoms with Crippen molar-refractivity contribution in [3.05, 3.63) is 93.1 Å². The summed E-state index contributed by atoms with van der Waals surface area (Å²) >= 11 is 2.21. The normalized spacial score (nSPS) is 10.4. The number of nitrogens with zero attached hydrogens (tertiary/aromatic N) is 1. The number of amides is 2. The van der Waals surface area contributed by atoms with Crippen molar-refractivity contribution >= 4 is 45.8 Å². The van der Waals surface area contributed by atoms with Crippen LogP contribution in [0.25, 0.3) is 0 Å². The van der Waals surface area contributed by atoms with Gasteiger partial charge in [-0.25, -0.2) is 0 Å². The van der Waals surface area contributed by atoms with Crippen molar-refractivity contribution in [2.75, 3.05) is 16.8 Å². The maximum absolute atomic E-state index is 13.2. The fourth-order valence-electron chi connectivity index (χ4n) is 2.90. The molecule has 0 spiro atoms. The Morgan fingerprint density at radius 3 is 2.32 bits per heavy atom. The molecule has 2 amide bonds. The van der Waals surface area contributed by atoms with Crippen molar-refractivity contribution in [3.8, 4) is 0 Å². The average Bonchev–Trinajstić information content (AvgIpc) is 2.71. The molecule has 0 radical (unpaired) electrons. The van der Waals surface area contributed by atoms with Crippen LogP contribution in [-0.2, 0) is 0 Å². The Kier molecular flexibility index (Phi) is 6.46. The van der Waals surface area contributed by atoms with Crippen LogP contribution in [0.4, 0.5) is 11.4 Å². The molecule has 5 heteroatoms. The van der Waals surface area contributed by atoms with Gasteiger partial charge in [0, 0.05) is 21.4 Å². The zero-order valence-electron chi connectivity index (χ0n) is 15.8. The molecular weight excluding hydrogens is 463 g/mol. The van der Waals surface area contributed by atoms with E-state index in [1.54, 1.807) is 29.2 Å². The van der Waals surface area contributed by atoms with Crippen LogP contribution in [0.3, 0.4) is 0 Å². The minimum atomic E-state index is -0.235. The summed E-state index contributed by atoms with van der Waals surface area (Å²) in [7, 11) is 0. The Hall–Kier alpha value is -2.67. The minimum absolute atomic E-state index is 0.150. The van der Waals surface area contributed by atoms with Gasteiger partial charge in [-0.05, 0) is 78.4 Å². The number of anilines is 2. The van der Waals surface area contributed by atoms with Gasteiger partial charge in [0.15, 0.2) is 0 Å². The number of nitrogens with one attached hydrogen (secondary N) is 1. The number of rotatable bonds is 5. The molecule has 0 heterocycles. The van der Waals surface area contributed by atoms with Gasteiger partial charge in [-0.15, -0.1) is 0 Å². The Labute approximate surface area is 178 Å². The lowest BCUT2D eigenvalue weighted by Gasteiger charge is -2.22. The molecule has 0 bridgehead atoms. The average molecular weight is 484 g/mol. The van der Waals surface area contributed by atoms with E-state index in [1.165, 1.54) is 0 Å². The molecule has 3 aromatic rings. The third kappa shape index (κ3) is 4.42.